The average molecular weight is 258 g/mol. The van der Waals surface area contributed by atoms with Gasteiger partial charge in [-0.25, -0.2) is 4.98 Å². The zero-order valence-electron chi connectivity index (χ0n) is 9.89. The Morgan fingerprint density at radius 3 is 2.78 bits per heavy atom. The number of halogens is 1. The molecule has 0 aliphatic carbocycles. The lowest BCUT2D eigenvalue weighted by atomic mass is 10.1. The highest BCUT2D eigenvalue weighted by atomic mass is 35.5. The second-order valence-electron chi connectivity index (χ2n) is 4.20. The van der Waals surface area contributed by atoms with Gasteiger partial charge in [-0.1, -0.05) is 29.8 Å². The molecule has 3 rings (SSSR count). The molecule has 0 atom stereocenters. The predicted molar refractivity (Wildman–Crippen MR) is 74.8 cm³/mol. The van der Waals surface area contributed by atoms with Crippen LogP contribution in [0.3, 0.4) is 0 Å². The van der Waals surface area contributed by atoms with E-state index < -0.39 is 0 Å². The molecule has 2 aromatic heterocycles. The van der Waals surface area contributed by atoms with Crippen molar-refractivity contribution >= 4 is 22.8 Å². The molecule has 0 aliphatic heterocycles. The summed E-state index contributed by atoms with van der Waals surface area (Å²) < 4.78 is 2.01. The lowest BCUT2D eigenvalue weighted by Crippen LogP contribution is -1.90. The second-order valence-corrected chi connectivity index (χ2v) is 4.61. The van der Waals surface area contributed by atoms with Crippen LogP contribution in [0.15, 0.2) is 42.6 Å². The summed E-state index contributed by atoms with van der Waals surface area (Å²) in [4.78, 5) is 4.58. The number of anilines is 1. The zero-order valence-corrected chi connectivity index (χ0v) is 10.6. The summed E-state index contributed by atoms with van der Waals surface area (Å²) in [5.74, 6) is 0.917. The van der Waals surface area contributed by atoms with Gasteiger partial charge in [-0.15, -0.1) is 0 Å². The molecule has 2 N–H and O–H groups in total. The van der Waals surface area contributed by atoms with Gasteiger partial charge in [0.1, 0.15) is 5.82 Å². The Labute approximate surface area is 110 Å². The van der Waals surface area contributed by atoms with E-state index in [0.717, 1.165) is 28.3 Å². The maximum atomic E-state index is 6.23. The fourth-order valence-corrected chi connectivity index (χ4v) is 2.33. The van der Waals surface area contributed by atoms with E-state index >= 15 is 0 Å². The first-order chi connectivity index (χ1) is 8.66. The Hall–Kier alpha value is -2.00. The van der Waals surface area contributed by atoms with E-state index in [1.54, 1.807) is 0 Å². The molecule has 0 saturated carbocycles. The number of hydrogen-bond donors (Lipinski definition) is 1. The number of aryl methyl sites for hydroxylation is 1. The molecule has 1 aromatic carbocycles. The Balaban J connectivity index is 2.36. The van der Waals surface area contributed by atoms with Crippen LogP contribution in [0.4, 0.5) is 5.69 Å². The summed E-state index contributed by atoms with van der Waals surface area (Å²) in [6, 6.07) is 11.5. The summed E-state index contributed by atoms with van der Waals surface area (Å²) in [5, 5.41) is 0.694. The van der Waals surface area contributed by atoms with Crippen LogP contribution in [0.2, 0.25) is 5.02 Å². The number of nitrogens with zero attached hydrogens (tertiary/aromatic N) is 2. The van der Waals surface area contributed by atoms with Crippen LogP contribution < -0.4 is 5.73 Å². The molecule has 18 heavy (non-hydrogen) atoms. The molecule has 90 valence electrons. The molecule has 4 heteroatoms. The SMILES string of the molecule is Cc1nc(-c2ccccc2Cl)c2cc(N)ccn12. The number of hydrogen-bond acceptors (Lipinski definition) is 2. The third-order valence-corrected chi connectivity index (χ3v) is 3.30. The van der Waals surface area contributed by atoms with Gasteiger partial charge >= 0.3 is 0 Å². The molecule has 0 amide bonds. The maximum absolute atomic E-state index is 6.23. The van der Waals surface area contributed by atoms with Gasteiger partial charge in [-0.05, 0) is 25.1 Å². The normalized spacial score (nSPS) is 11.0. The van der Waals surface area contributed by atoms with Gasteiger partial charge in [0.25, 0.3) is 0 Å². The summed E-state index contributed by atoms with van der Waals surface area (Å²) >= 11 is 6.23. The molecule has 0 spiro atoms. The van der Waals surface area contributed by atoms with Crippen molar-refractivity contribution in [1.29, 1.82) is 0 Å². The quantitative estimate of drug-likeness (QED) is 0.725. The van der Waals surface area contributed by atoms with Crippen LogP contribution in [0.1, 0.15) is 5.82 Å². The number of pyridine rings is 1. The lowest BCUT2D eigenvalue weighted by molar-refractivity contribution is 1.05. The van der Waals surface area contributed by atoms with Crippen LogP contribution in [0.5, 0.6) is 0 Å². The van der Waals surface area contributed by atoms with Crippen molar-refractivity contribution in [2.45, 2.75) is 6.92 Å². The highest BCUT2D eigenvalue weighted by molar-refractivity contribution is 6.33. The zero-order chi connectivity index (χ0) is 12.7. The van der Waals surface area contributed by atoms with Crippen LogP contribution >= 0.6 is 11.6 Å². The average Bonchev–Trinajstić information content (AvgIpc) is 2.67. The Morgan fingerprint density at radius 1 is 1.22 bits per heavy atom. The topological polar surface area (TPSA) is 43.3 Å². The Bertz CT molecular complexity index is 731. The minimum atomic E-state index is 0.694. The minimum Gasteiger partial charge on any atom is -0.399 e. The van der Waals surface area contributed by atoms with Gasteiger partial charge in [0.2, 0.25) is 0 Å². The van der Waals surface area contributed by atoms with Gasteiger partial charge in [0, 0.05) is 17.4 Å². The van der Waals surface area contributed by atoms with E-state index in [1.807, 2.05) is 53.9 Å². The van der Waals surface area contributed by atoms with E-state index in [-0.39, 0.29) is 0 Å². The van der Waals surface area contributed by atoms with Gasteiger partial charge in [-0.3, -0.25) is 0 Å². The van der Waals surface area contributed by atoms with E-state index in [1.165, 1.54) is 0 Å². The van der Waals surface area contributed by atoms with E-state index in [2.05, 4.69) is 4.98 Å². The van der Waals surface area contributed by atoms with Crippen molar-refractivity contribution in [2.75, 3.05) is 5.73 Å². The molecule has 0 aliphatic rings. The first-order valence-electron chi connectivity index (χ1n) is 5.66. The monoisotopic (exact) mass is 257 g/mol. The molecule has 0 saturated heterocycles. The molecule has 2 heterocycles. The smallest absolute Gasteiger partial charge is 0.110 e. The van der Waals surface area contributed by atoms with Gasteiger partial charge in [-0.2, -0.15) is 0 Å². The standard InChI is InChI=1S/C14H12ClN3/c1-9-17-14(11-4-2-3-5-12(11)15)13-8-10(16)6-7-18(9)13/h2-8H,16H2,1H3. The number of fused-ring (bicyclic) bond motifs is 1. The number of benzene rings is 1. The van der Waals surface area contributed by atoms with Gasteiger partial charge in [0.05, 0.1) is 16.2 Å². The number of rotatable bonds is 1. The molecule has 0 fully saturated rings. The van der Waals surface area contributed by atoms with Crippen LogP contribution in [0, 0.1) is 6.92 Å². The van der Waals surface area contributed by atoms with Crippen molar-refractivity contribution in [3.63, 3.8) is 0 Å². The Morgan fingerprint density at radius 2 is 2.00 bits per heavy atom. The first-order valence-corrected chi connectivity index (χ1v) is 6.03. The van der Waals surface area contributed by atoms with Crippen LogP contribution in [-0.4, -0.2) is 9.38 Å². The third kappa shape index (κ3) is 1.64. The highest BCUT2D eigenvalue weighted by Gasteiger charge is 2.12. The van der Waals surface area contributed by atoms with Crippen molar-refractivity contribution in [2.24, 2.45) is 0 Å². The Kier molecular flexibility index (Phi) is 2.49. The number of imidazole rings is 1. The summed E-state index contributed by atoms with van der Waals surface area (Å²) in [5.41, 5.74) is 9.33. The van der Waals surface area contributed by atoms with Crippen molar-refractivity contribution in [1.82, 2.24) is 9.38 Å². The van der Waals surface area contributed by atoms with Crippen molar-refractivity contribution in [3.05, 3.63) is 53.4 Å². The second kappa shape index (κ2) is 4.03. The molecule has 0 bridgehead atoms. The predicted octanol–water partition coefficient (Wildman–Crippen LogP) is 3.55. The molecule has 0 radical (unpaired) electrons. The van der Waals surface area contributed by atoms with Crippen molar-refractivity contribution in [3.8, 4) is 11.3 Å². The largest absolute Gasteiger partial charge is 0.399 e. The minimum absolute atomic E-state index is 0.694. The van der Waals surface area contributed by atoms with E-state index in [4.69, 9.17) is 17.3 Å². The molecular formula is C14H12ClN3. The number of aromatic nitrogens is 2. The third-order valence-electron chi connectivity index (χ3n) is 2.97. The molecule has 3 aromatic rings. The van der Waals surface area contributed by atoms with Crippen LogP contribution in [-0.2, 0) is 0 Å². The highest BCUT2D eigenvalue weighted by Crippen LogP contribution is 2.31. The molecule has 3 nitrogen and oxygen atoms in total. The number of nitrogens with two attached hydrogens (primary N) is 1. The van der Waals surface area contributed by atoms with E-state index in [9.17, 15) is 0 Å². The van der Waals surface area contributed by atoms with Crippen molar-refractivity contribution < 1.29 is 0 Å². The van der Waals surface area contributed by atoms with Gasteiger partial charge in [0.15, 0.2) is 0 Å². The molecule has 0 unspecified atom stereocenters. The fraction of sp³-hybridized carbons (Fsp3) is 0.0714. The lowest BCUT2D eigenvalue weighted by Gasteiger charge is -2.02. The number of nitrogen functional groups attached to an aromatic ring is 1. The fourth-order valence-electron chi connectivity index (χ4n) is 2.11. The summed E-state index contributed by atoms with van der Waals surface area (Å²) in [6.07, 6.45) is 1.92. The van der Waals surface area contributed by atoms with Crippen LogP contribution in [0.25, 0.3) is 16.8 Å². The maximum Gasteiger partial charge on any atom is 0.110 e. The van der Waals surface area contributed by atoms with Gasteiger partial charge < -0.3 is 10.1 Å². The molecular weight excluding hydrogens is 246 g/mol. The van der Waals surface area contributed by atoms with E-state index in [0.29, 0.717) is 5.02 Å². The summed E-state index contributed by atoms with van der Waals surface area (Å²) in [6.45, 7) is 1.96. The first kappa shape index (κ1) is 11.1. The summed E-state index contributed by atoms with van der Waals surface area (Å²) in [7, 11) is 0.